The molecule has 2 atom stereocenters. The molecule has 82 valence electrons. The van der Waals surface area contributed by atoms with Crippen LogP contribution < -0.4 is 5.32 Å². The summed E-state index contributed by atoms with van der Waals surface area (Å²) in [6.07, 6.45) is 8.97. The second kappa shape index (κ2) is 5.26. The van der Waals surface area contributed by atoms with Gasteiger partial charge in [-0.3, -0.25) is 4.98 Å². The summed E-state index contributed by atoms with van der Waals surface area (Å²) in [6, 6.07) is 4.96. The van der Waals surface area contributed by atoms with Crippen molar-refractivity contribution in [1.82, 2.24) is 10.3 Å². The highest BCUT2D eigenvalue weighted by Gasteiger charge is 2.19. The second-order valence-electron chi connectivity index (χ2n) is 4.67. The highest BCUT2D eigenvalue weighted by Crippen LogP contribution is 2.24. The molecule has 0 spiro atoms. The van der Waals surface area contributed by atoms with E-state index in [9.17, 15) is 0 Å². The molecular weight excluding hydrogens is 184 g/mol. The zero-order valence-corrected chi connectivity index (χ0v) is 9.45. The van der Waals surface area contributed by atoms with Crippen molar-refractivity contribution < 1.29 is 0 Å². The SMILES string of the molecule is CC1CCC(NCCc2ccncc2)C1. The molecule has 1 saturated carbocycles. The molecule has 2 heteroatoms. The molecule has 0 amide bonds. The van der Waals surface area contributed by atoms with Gasteiger partial charge in [-0.25, -0.2) is 0 Å². The summed E-state index contributed by atoms with van der Waals surface area (Å²) >= 11 is 0. The molecule has 1 heterocycles. The van der Waals surface area contributed by atoms with Gasteiger partial charge in [-0.05, 0) is 55.8 Å². The molecule has 1 N–H and O–H groups in total. The minimum atomic E-state index is 0.766. The van der Waals surface area contributed by atoms with E-state index in [0.29, 0.717) is 0 Å². The van der Waals surface area contributed by atoms with E-state index < -0.39 is 0 Å². The molecule has 1 fully saturated rings. The van der Waals surface area contributed by atoms with Gasteiger partial charge < -0.3 is 5.32 Å². The normalized spacial score (nSPS) is 25.7. The number of nitrogens with zero attached hydrogens (tertiary/aromatic N) is 1. The molecule has 1 aliphatic carbocycles. The molecule has 2 rings (SSSR count). The summed E-state index contributed by atoms with van der Waals surface area (Å²) < 4.78 is 0. The van der Waals surface area contributed by atoms with Crippen molar-refractivity contribution >= 4 is 0 Å². The molecule has 1 aromatic heterocycles. The first-order chi connectivity index (χ1) is 7.34. The van der Waals surface area contributed by atoms with Crippen LogP contribution in [0, 0.1) is 5.92 Å². The molecule has 0 saturated heterocycles. The Morgan fingerprint density at radius 2 is 2.13 bits per heavy atom. The van der Waals surface area contributed by atoms with Crippen molar-refractivity contribution in [2.75, 3.05) is 6.54 Å². The van der Waals surface area contributed by atoms with Crippen LogP contribution in [0.25, 0.3) is 0 Å². The summed E-state index contributed by atoms with van der Waals surface area (Å²) in [5.74, 6) is 0.920. The van der Waals surface area contributed by atoms with Crippen molar-refractivity contribution in [2.24, 2.45) is 5.92 Å². The summed E-state index contributed by atoms with van der Waals surface area (Å²) in [5, 5.41) is 3.64. The fourth-order valence-corrected chi connectivity index (χ4v) is 2.36. The topological polar surface area (TPSA) is 24.9 Å². The van der Waals surface area contributed by atoms with Crippen molar-refractivity contribution in [3.8, 4) is 0 Å². The average molecular weight is 204 g/mol. The van der Waals surface area contributed by atoms with E-state index in [-0.39, 0.29) is 0 Å². The van der Waals surface area contributed by atoms with Crippen molar-refractivity contribution in [3.05, 3.63) is 30.1 Å². The van der Waals surface area contributed by atoms with Crippen LogP contribution in [0.5, 0.6) is 0 Å². The minimum absolute atomic E-state index is 0.766. The molecule has 1 aromatic rings. The van der Waals surface area contributed by atoms with Gasteiger partial charge in [0.15, 0.2) is 0 Å². The van der Waals surface area contributed by atoms with Crippen LogP contribution in [0.15, 0.2) is 24.5 Å². The quantitative estimate of drug-likeness (QED) is 0.814. The fraction of sp³-hybridized carbons (Fsp3) is 0.615. The van der Waals surface area contributed by atoms with Crippen LogP contribution in [0.1, 0.15) is 31.7 Å². The second-order valence-corrected chi connectivity index (χ2v) is 4.67. The highest BCUT2D eigenvalue weighted by atomic mass is 14.9. The molecule has 2 unspecified atom stereocenters. The maximum atomic E-state index is 4.02. The maximum absolute atomic E-state index is 4.02. The summed E-state index contributed by atoms with van der Waals surface area (Å²) in [6.45, 7) is 3.45. The van der Waals surface area contributed by atoms with E-state index in [4.69, 9.17) is 0 Å². The maximum Gasteiger partial charge on any atom is 0.0270 e. The van der Waals surface area contributed by atoms with E-state index in [1.165, 1.54) is 24.8 Å². The molecule has 1 aliphatic rings. The third kappa shape index (κ3) is 3.31. The molecule has 0 bridgehead atoms. The molecule has 0 aromatic carbocycles. The Kier molecular flexibility index (Phi) is 3.73. The first-order valence-corrected chi connectivity index (χ1v) is 5.97. The van der Waals surface area contributed by atoms with Crippen LogP contribution in [0.2, 0.25) is 0 Å². The fourth-order valence-electron chi connectivity index (χ4n) is 2.36. The Hall–Kier alpha value is -0.890. The Balaban J connectivity index is 1.67. The molecular formula is C13H20N2. The van der Waals surface area contributed by atoms with Gasteiger partial charge in [0.25, 0.3) is 0 Å². The smallest absolute Gasteiger partial charge is 0.0270 e. The van der Waals surface area contributed by atoms with Gasteiger partial charge in [-0.2, -0.15) is 0 Å². The van der Waals surface area contributed by atoms with Crippen LogP contribution in [-0.4, -0.2) is 17.6 Å². The van der Waals surface area contributed by atoms with Crippen LogP contribution in [0.3, 0.4) is 0 Å². The van der Waals surface area contributed by atoms with Crippen molar-refractivity contribution in [3.63, 3.8) is 0 Å². The number of nitrogens with one attached hydrogen (secondary N) is 1. The molecule has 0 radical (unpaired) electrons. The zero-order valence-electron chi connectivity index (χ0n) is 9.45. The van der Waals surface area contributed by atoms with Crippen molar-refractivity contribution in [2.45, 2.75) is 38.6 Å². The lowest BCUT2D eigenvalue weighted by molar-refractivity contribution is 0.505. The first-order valence-electron chi connectivity index (χ1n) is 5.97. The van der Waals surface area contributed by atoms with Gasteiger partial charge in [-0.1, -0.05) is 6.92 Å². The van der Waals surface area contributed by atoms with Gasteiger partial charge in [0.05, 0.1) is 0 Å². The summed E-state index contributed by atoms with van der Waals surface area (Å²) in [4.78, 5) is 4.02. The Bertz CT molecular complexity index is 284. The standard InChI is InChI=1S/C13H20N2/c1-11-2-3-13(10-11)15-9-6-12-4-7-14-8-5-12/h4-5,7-8,11,13,15H,2-3,6,9-10H2,1H3. The van der Waals surface area contributed by atoms with Crippen LogP contribution >= 0.6 is 0 Å². The third-order valence-corrected chi connectivity index (χ3v) is 3.29. The van der Waals surface area contributed by atoms with E-state index in [2.05, 4.69) is 29.4 Å². The van der Waals surface area contributed by atoms with Gasteiger partial charge in [0.2, 0.25) is 0 Å². The van der Waals surface area contributed by atoms with E-state index in [1.807, 2.05) is 12.4 Å². The van der Waals surface area contributed by atoms with Crippen LogP contribution in [-0.2, 0) is 6.42 Å². The Morgan fingerprint density at radius 1 is 1.33 bits per heavy atom. The lowest BCUT2D eigenvalue weighted by Gasteiger charge is -2.11. The monoisotopic (exact) mass is 204 g/mol. The van der Waals surface area contributed by atoms with Gasteiger partial charge in [-0.15, -0.1) is 0 Å². The zero-order chi connectivity index (χ0) is 10.5. The number of hydrogen-bond donors (Lipinski definition) is 1. The largest absolute Gasteiger partial charge is 0.314 e. The summed E-state index contributed by atoms with van der Waals surface area (Å²) in [5.41, 5.74) is 1.38. The number of hydrogen-bond acceptors (Lipinski definition) is 2. The predicted molar refractivity (Wildman–Crippen MR) is 62.7 cm³/mol. The van der Waals surface area contributed by atoms with Gasteiger partial charge in [0.1, 0.15) is 0 Å². The average Bonchev–Trinajstić information content (AvgIpc) is 2.66. The van der Waals surface area contributed by atoms with Gasteiger partial charge in [0, 0.05) is 18.4 Å². The minimum Gasteiger partial charge on any atom is -0.314 e. The lowest BCUT2D eigenvalue weighted by atomic mass is 10.1. The van der Waals surface area contributed by atoms with Crippen LogP contribution in [0.4, 0.5) is 0 Å². The Morgan fingerprint density at radius 3 is 2.80 bits per heavy atom. The number of pyridine rings is 1. The summed E-state index contributed by atoms with van der Waals surface area (Å²) in [7, 11) is 0. The Labute approximate surface area is 92.1 Å². The first kappa shape index (κ1) is 10.6. The molecule has 15 heavy (non-hydrogen) atoms. The number of rotatable bonds is 4. The van der Waals surface area contributed by atoms with Gasteiger partial charge >= 0.3 is 0 Å². The van der Waals surface area contributed by atoms with Crippen molar-refractivity contribution in [1.29, 1.82) is 0 Å². The highest BCUT2D eigenvalue weighted by molar-refractivity contribution is 5.09. The molecule has 2 nitrogen and oxygen atoms in total. The lowest BCUT2D eigenvalue weighted by Crippen LogP contribution is -2.28. The van der Waals surface area contributed by atoms with E-state index >= 15 is 0 Å². The van der Waals surface area contributed by atoms with E-state index in [0.717, 1.165) is 24.9 Å². The predicted octanol–water partition coefficient (Wildman–Crippen LogP) is 2.40. The third-order valence-electron chi connectivity index (χ3n) is 3.29. The molecule has 0 aliphatic heterocycles. The number of aromatic nitrogens is 1. The van der Waals surface area contributed by atoms with E-state index in [1.54, 1.807) is 0 Å².